The van der Waals surface area contributed by atoms with E-state index in [2.05, 4.69) is 10.4 Å². The molecule has 102 valence electrons. The SMILES string of the molecule is CCN(CC)C(=O)CNCc1c(Cl)c(C)nn1C. The van der Waals surface area contributed by atoms with Crippen molar-refractivity contribution in [2.45, 2.75) is 27.3 Å². The van der Waals surface area contributed by atoms with Crippen molar-refractivity contribution in [3.8, 4) is 0 Å². The van der Waals surface area contributed by atoms with Gasteiger partial charge in [-0.2, -0.15) is 5.10 Å². The fourth-order valence-electron chi connectivity index (χ4n) is 1.85. The van der Waals surface area contributed by atoms with Crippen LogP contribution in [0.5, 0.6) is 0 Å². The van der Waals surface area contributed by atoms with Crippen LogP contribution in [-0.4, -0.2) is 40.2 Å². The van der Waals surface area contributed by atoms with Crippen LogP contribution in [0.15, 0.2) is 0 Å². The molecule has 0 atom stereocenters. The molecular weight excluding hydrogens is 252 g/mol. The quantitative estimate of drug-likeness (QED) is 0.850. The molecule has 0 aliphatic carbocycles. The second kappa shape index (κ2) is 6.75. The third-order valence-electron chi connectivity index (χ3n) is 2.95. The molecule has 0 bridgehead atoms. The molecule has 5 nitrogen and oxygen atoms in total. The zero-order valence-corrected chi connectivity index (χ0v) is 12.2. The summed E-state index contributed by atoms with van der Waals surface area (Å²) in [6.07, 6.45) is 0. The summed E-state index contributed by atoms with van der Waals surface area (Å²) >= 11 is 6.13. The van der Waals surface area contributed by atoms with Crippen LogP contribution < -0.4 is 5.32 Å². The van der Waals surface area contributed by atoms with Crippen LogP contribution in [0.3, 0.4) is 0 Å². The van der Waals surface area contributed by atoms with Crippen molar-refractivity contribution < 1.29 is 4.79 Å². The average molecular weight is 273 g/mol. The summed E-state index contributed by atoms with van der Waals surface area (Å²) in [7, 11) is 1.85. The average Bonchev–Trinajstić information content (AvgIpc) is 2.57. The van der Waals surface area contributed by atoms with Gasteiger partial charge >= 0.3 is 0 Å². The number of aromatic nitrogens is 2. The molecule has 1 N–H and O–H groups in total. The number of halogens is 1. The van der Waals surface area contributed by atoms with Gasteiger partial charge in [-0.1, -0.05) is 11.6 Å². The Balaban J connectivity index is 2.49. The van der Waals surface area contributed by atoms with E-state index in [1.165, 1.54) is 0 Å². The maximum atomic E-state index is 11.8. The lowest BCUT2D eigenvalue weighted by atomic mass is 10.3. The molecule has 0 aliphatic rings. The molecule has 18 heavy (non-hydrogen) atoms. The van der Waals surface area contributed by atoms with Gasteiger partial charge in [0.2, 0.25) is 5.91 Å². The zero-order valence-electron chi connectivity index (χ0n) is 11.5. The van der Waals surface area contributed by atoms with Crippen molar-refractivity contribution in [2.24, 2.45) is 7.05 Å². The lowest BCUT2D eigenvalue weighted by Crippen LogP contribution is -2.37. The van der Waals surface area contributed by atoms with E-state index in [-0.39, 0.29) is 5.91 Å². The number of nitrogens with zero attached hydrogens (tertiary/aromatic N) is 3. The van der Waals surface area contributed by atoms with Crippen molar-refractivity contribution in [1.29, 1.82) is 0 Å². The van der Waals surface area contributed by atoms with Crippen molar-refractivity contribution in [3.05, 3.63) is 16.4 Å². The second-order valence-electron chi connectivity index (χ2n) is 4.14. The molecule has 0 aromatic carbocycles. The van der Waals surface area contributed by atoms with E-state index in [0.717, 1.165) is 24.5 Å². The standard InChI is InChI=1S/C12H21ClN4O/c1-5-17(6-2)11(18)8-14-7-10-12(13)9(3)15-16(10)4/h14H,5-8H2,1-4H3. The van der Waals surface area contributed by atoms with E-state index in [0.29, 0.717) is 18.1 Å². The van der Waals surface area contributed by atoms with Crippen LogP contribution in [0.2, 0.25) is 5.02 Å². The monoisotopic (exact) mass is 272 g/mol. The normalized spacial score (nSPS) is 10.7. The van der Waals surface area contributed by atoms with Gasteiger partial charge in [-0.25, -0.2) is 0 Å². The third kappa shape index (κ3) is 3.46. The molecule has 0 unspecified atom stereocenters. The highest BCUT2D eigenvalue weighted by Crippen LogP contribution is 2.18. The summed E-state index contributed by atoms with van der Waals surface area (Å²) in [6.45, 7) is 8.16. The Labute approximate surface area is 113 Å². The van der Waals surface area contributed by atoms with Crippen LogP contribution in [0.4, 0.5) is 0 Å². The Morgan fingerprint density at radius 1 is 1.44 bits per heavy atom. The van der Waals surface area contributed by atoms with Gasteiger partial charge in [0.1, 0.15) is 0 Å². The van der Waals surface area contributed by atoms with E-state index in [9.17, 15) is 4.79 Å². The minimum absolute atomic E-state index is 0.106. The molecule has 0 saturated carbocycles. The van der Waals surface area contributed by atoms with Crippen LogP contribution in [0.1, 0.15) is 25.2 Å². The van der Waals surface area contributed by atoms with Gasteiger partial charge in [-0.3, -0.25) is 9.48 Å². The lowest BCUT2D eigenvalue weighted by Gasteiger charge is -2.18. The number of rotatable bonds is 6. The van der Waals surface area contributed by atoms with Crippen molar-refractivity contribution in [3.63, 3.8) is 0 Å². The van der Waals surface area contributed by atoms with E-state index in [1.54, 1.807) is 9.58 Å². The molecule has 0 saturated heterocycles. The fourth-order valence-corrected chi connectivity index (χ4v) is 2.08. The van der Waals surface area contributed by atoms with Gasteiger partial charge in [0.25, 0.3) is 0 Å². The number of aryl methyl sites for hydroxylation is 2. The highest BCUT2D eigenvalue weighted by atomic mass is 35.5. The first-order chi connectivity index (χ1) is 8.51. The van der Waals surface area contributed by atoms with Gasteiger partial charge in [-0.15, -0.1) is 0 Å². The minimum Gasteiger partial charge on any atom is -0.342 e. The number of amides is 1. The Morgan fingerprint density at radius 2 is 2.06 bits per heavy atom. The second-order valence-corrected chi connectivity index (χ2v) is 4.52. The lowest BCUT2D eigenvalue weighted by molar-refractivity contribution is -0.129. The topological polar surface area (TPSA) is 50.2 Å². The van der Waals surface area contributed by atoms with Crippen LogP contribution in [-0.2, 0) is 18.4 Å². The van der Waals surface area contributed by atoms with E-state index in [1.807, 2.05) is 27.8 Å². The molecule has 1 amide bonds. The predicted octanol–water partition coefficient (Wildman–Crippen LogP) is 1.34. The molecule has 6 heteroatoms. The Kier molecular flexibility index (Phi) is 5.62. The highest BCUT2D eigenvalue weighted by Gasteiger charge is 2.12. The molecule has 0 aliphatic heterocycles. The van der Waals surface area contributed by atoms with E-state index in [4.69, 9.17) is 11.6 Å². The largest absolute Gasteiger partial charge is 0.342 e. The van der Waals surface area contributed by atoms with Crippen LogP contribution in [0.25, 0.3) is 0 Å². The zero-order chi connectivity index (χ0) is 13.7. The number of likely N-dealkylation sites (N-methyl/N-ethyl adjacent to an activating group) is 1. The number of carbonyl (C=O) groups is 1. The number of carbonyl (C=O) groups excluding carboxylic acids is 1. The van der Waals surface area contributed by atoms with Crippen molar-refractivity contribution >= 4 is 17.5 Å². The maximum absolute atomic E-state index is 11.8. The molecule has 0 spiro atoms. The van der Waals surface area contributed by atoms with Crippen molar-refractivity contribution in [1.82, 2.24) is 20.0 Å². The van der Waals surface area contributed by atoms with Crippen LogP contribution >= 0.6 is 11.6 Å². The maximum Gasteiger partial charge on any atom is 0.236 e. The van der Waals surface area contributed by atoms with Crippen molar-refractivity contribution in [2.75, 3.05) is 19.6 Å². The Hall–Kier alpha value is -1.07. The first-order valence-electron chi connectivity index (χ1n) is 6.17. The van der Waals surface area contributed by atoms with Gasteiger partial charge in [0, 0.05) is 26.7 Å². The first kappa shape index (κ1) is 15.0. The van der Waals surface area contributed by atoms with E-state index >= 15 is 0 Å². The summed E-state index contributed by atoms with van der Waals surface area (Å²) in [6, 6.07) is 0. The smallest absolute Gasteiger partial charge is 0.236 e. The molecule has 1 heterocycles. The molecule has 1 rings (SSSR count). The van der Waals surface area contributed by atoms with Gasteiger partial charge in [0.15, 0.2) is 0 Å². The van der Waals surface area contributed by atoms with Gasteiger partial charge < -0.3 is 10.2 Å². The molecular formula is C12H21ClN4O. The minimum atomic E-state index is 0.106. The number of hydrogen-bond donors (Lipinski definition) is 1. The number of hydrogen-bond acceptors (Lipinski definition) is 3. The molecule has 1 aromatic heterocycles. The van der Waals surface area contributed by atoms with Crippen LogP contribution in [0, 0.1) is 6.92 Å². The van der Waals surface area contributed by atoms with E-state index < -0.39 is 0 Å². The summed E-state index contributed by atoms with van der Waals surface area (Å²) in [5.74, 6) is 0.106. The molecule has 0 fully saturated rings. The summed E-state index contributed by atoms with van der Waals surface area (Å²) < 4.78 is 1.74. The summed E-state index contributed by atoms with van der Waals surface area (Å²) in [5.41, 5.74) is 1.72. The third-order valence-corrected chi connectivity index (χ3v) is 3.44. The highest BCUT2D eigenvalue weighted by molar-refractivity contribution is 6.31. The summed E-state index contributed by atoms with van der Waals surface area (Å²) in [5, 5.41) is 8.00. The first-order valence-corrected chi connectivity index (χ1v) is 6.55. The Morgan fingerprint density at radius 3 is 2.50 bits per heavy atom. The van der Waals surface area contributed by atoms with Gasteiger partial charge in [0.05, 0.1) is 23.0 Å². The summed E-state index contributed by atoms with van der Waals surface area (Å²) in [4.78, 5) is 13.6. The fraction of sp³-hybridized carbons (Fsp3) is 0.667. The molecule has 1 aromatic rings. The predicted molar refractivity (Wildman–Crippen MR) is 72.6 cm³/mol. The molecule has 0 radical (unpaired) electrons. The van der Waals surface area contributed by atoms with Gasteiger partial charge in [-0.05, 0) is 20.8 Å². The Bertz CT molecular complexity index is 412. The number of nitrogens with one attached hydrogen (secondary N) is 1.